The predicted molar refractivity (Wildman–Crippen MR) is 83.1 cm³/mol. The van der Waals surface area contributed by atoms with Crippen LogP contribution >= 0.6 is 0 Å². The summed E-state index contributed by atoms with van der Waals surface area (Å²) in [4.78, 5) is 14.6. The summed E-state index contributed by atoms with van der Waals surface area (Å²) in [6.45, 7) is 2.28. The average Bonchev–Trinajstić information content (AvgIpc) is 2.53. The number of carbonyl (C=O) groups excluding carboxylic acids is 1. The van der Waals surface area contributed by atoms with Gasteiger partial charge in [0.1, 0.15) is 11.5 Å². The van der Waals surface area contributed by atoms with E-state index in [1.54, 1.807) is 32.4 Å². The molecule has 0 spiro atoms. The summed E-state index contributed by atoms with van der Waals surface area (Å²) in [6.07, 6.45) is 4.54. The summed E-state index contributed by atoms with van der Waals surface area (Å²) < 4.78 is 10.5. The summed E-state index contributed by atoms with van der Waals surface area (Å²) in [6, 6.07) is 5.66. The molecule has 1 fully saturated rings. The molecule has 1 aliphatic carbocycles. The van der Waals surface area contributed by atoms with E-state index in [-0.39, 0.29) is 5.91 Å². The zero-order chi connectivity index (χ0) is 15.4. The summed E-state index contributed by atoms with van der Waals surface area (Å²) in [5.41, 5.74) is 0.568. The van der Waals surface area contributed by atoms with Crippen molar-refractivity contribution < 1.29 is 14.3 Å². The van der Waals surface area contributed by atoms with Crippen LogP contribution in [-0.4, -0.2) is 38.1 Å². The van der Waals surface area contributed by atoms with Gasteiger partial charge in [0.15, 0.2) is 0 Å². The Morgan fingerprint density at radius 1 is 1.14 bits per heavy atom. The molecule has 1 amide bonds. The van der Waals surface area contributed by atoms with Gasteiger partial charge in [-0.15, -0.1) is 0 Å². The number of hydrogen-bond acceptors (Lipinski definition) is 3. The lowest BCUT2D eigenvalue weighted by Gasteiger charge is -2.33. The minimum Gasteiger partial charge on any atom is -0.497 e. The molecule has 0 unspecified atom stereocenters. The van der Waals surface area contributed by atoms with Crippen molar-refractivity contribution >= 4 is 5.91 Å². The molecule has 0 aromatic heterocycles. The SMILES string of the molecule is COc1ccc(OC)c(C(=O)N(C)C2CCC(C)CC2)c1. The highest BCUT2D eigenvalue weighted by Gasteiger charge is 2.27. The molecule has 0 heterocycles. The number of amides is 1. The zero-order valence-electron chi connectivity index (χ0n) is 13.4. The maximum absolute atomic E-state index is 12.8. The van der Waals surface area contributed by atoms with Crippen molar-refractivity contribution in [2.24, 2.45) is 5.92 Å². The minimum absolute atomic E-state index is 0.00491. The summed E-state index contributed by atoms with van der Waals surface area (Å²) in [5, 5.41) is 0. The molecule has 1 aromatic carbocycles. The molecule has 0 radical (unpaired) electrons. The van der Waals surface area contributed by atoms with Crippen LogP contribution in [0.5, 0.6) is 11.5 Å². The Balaban J connectivity index is 2.18. The van der Waals surface area contributed by atoms with E-state index in [1.165, 1.54) is 12.8 Å². The minimum atomic E-state index is 0.00491. The van der Waals surface area contributed by atoms with Crippen molar-refractivity contribution in [3.8, 4) is 11.5 Å². The van der Waals surface area contributed by atoms with E-state index in [0.29, 0.717) is 23.1 Å². The molecule has 1 saturated carbocycles. The fraction of sp³-hybridized carbons (Fsp3) is 0.588. The molecule has 4 heteroatoms. The second-order valence-corrected chi connectivity index (χ2v) is 5.90. The molecule has 0 atom stereocenters. The van der Waals surface area contributed by atoms with E-state index < -0.39 is 0 Å². The van der Waals surface area contributed by atoms with E-state index in [4.69, 9.17) is 9.47 Å². The Labute approximate surface area is 127 Å². The average molecular weight is 291 g/mol. The highest BCUT2D eigenvalue weighted by atomic mass is 16.5. The van der Waals surface area contributed by atoms with Gasteiger partial charge in [-0.2, -0.15) is 0 Å². The highest BCUT2D eigenvalue weighted by molar-refractivity contribution is 5.97. The molecule has 2 rings (SSSR count). The monoisotopic (exact) mass is 291 g/mol. The smallest absolute Gasteiger partial charge is 0.257 e. The van der Waals surface area contributed by atoms with Crippen molar-refractivity contribution in [3.05, 3.63) is 23.8 Å². The van der Waals surface area contributed by atoms with Crippen LogP contribution < -0.4 is 9.47 Å². The van der Waals surface area contributed by atoms with Gasteiger partial charge >= 0.3 is 0 Å². The summed E-state index contributed by atoms with van der Waals surface area (Å²) in [5.74, 6) is 2.04. The summed E-state index contributed by atoms with van der Waals surface area (Å²) in [7, 11) is 5.07. The van der Waals surface area contributed by atoms with Crippen LogP contribution in [0.4, 0.5) is 0 Å². The van der Waals surface area contributed by atoms with Gasteiger partial charge in [0.05, 0.1) is 19.8 Å². The van der Waals surface area contributed by atoms with Gasteiger partial charge in [0, 0.05) is 13.1 Å². The molecule has 0 saturated heterocycles. The lowest BCUT2D eigenvalue weighted by atomic mass is 9.86. The first kappa shape index (κ1) is 15.7. The number of ether oxygens (including phenoxy) is 2. The van der Waals surface area contributed by atoms with Gasteiger partial charge < -0.3 is 14.4 Å². The molecular weight excluding hydrogens is 266 g/mol. The van der Waals surface area contributed by atoms with Gasteiger partial charge in [-0.1, -0.05) is 6.92 Å². The lowest BCUT2D eigenvalue weighted by Crippen LogP contribution is -2.39. The van der Waals surface area contributed by atoms with Crippen molar-refractivity contribution in [1.29, 1.82) is 0 Å². The first-order valence-electron chi connectivity index (χ1n) is 7.56. The Morgan fingerprint density at radius 3 is 2.38 bits per heavy atom. The van der Waals surface area contributed by atoms with Crippen molar-refractivity contribution in [1.82, 2.24) is 4.90 Å². The maximum Gasteiger partial charge on any atom is 0.257 e. The maximum atomic E-state index is 12.8. The second kappa shape index (κ2) is 6.83. The van der Waals surface area contributed by atoms with Crippen LogP contribution in [0.1, 0.15) is 43.0 Å². The van der Waals surface area contributed by atoms with Crippen LogP contribution in [0, 0.1) is 5.92 Å². The third-order valence-electron chi connectivity index (χ3n) is 4.49. The van der Waals surface area contributed by atoms with Gasteiger partial charge in [-0.3, -0.25) is 4.79 Å². The third-order valence-corrected chi connectivity index (χ3v) is 4.49. The quantitative estimate of drug-likeness (QED) is 0.854. The Bertz CT molecular complexity index is 493. The predicted octanol–water partition coefficient (Wildman–Crippen LogP) is 3.35. The van der Waals surface area contributed by atoms with E-state index >= 15 is 0 Å². The Hall–Kier alpha value is -1.71. The molecule has 1 aromatic rings. The van der Waals surface area contributed by atoms with E-state index in [2.05, 4.69) is 6.92 Å². The van der Waals surface area contributed by atoms with E-state index in [0.717, 1.165) is 18.8 Å². The van der Waals surface area contributed by atoms with Gasteiger partial charge in [-0.05, 0) is 49.8 Å². The fourth-order valence-electron chi connectivity index (χ4n) is 2.97. The van der Waals surface area contributed by atoms with Crippen molar-refractivity contribution in [3.63, 3.8) is 0 Å². The number of hydrogen-bond donors (Lipinski definition) is 0. The Kier molecular flexibility index (Phi) is 5.10. The first-order chi connectivity index (χ1) is 10.1. The molecule has 4 nitrogen and oxygen atoms in total. The highest BCUT2D eigenvalue weighted by Crippen LogP contribution is 2.30. The number of nitrogens with zero attached hydrogens (tertiary/aromatic N) is 1. The molecule has 0 bridgehead atoms. The summed E-state index contributed by atoms with van der Waals surface area (Å²) >= 11 is 0. The molecule has 0 N–H and O–H groups in total. The molecular formula is C17H25NO3. The number of benzene rings is 1. The van der Waals surface area contributed by atoms with E-state index in [9.17, 15) is 4.79 Å². The van der Waals surface area contributed by atoms with E-state index in [1.807, 2.05) is 11.9 Å². The van der Waals surface area contributed by atoms with Gasteiger partial charge in [0.2, 0.25) is 0 Å². The van der Waals surface area contributed by atoms with Gasteiger partial charge in [0.25, 0.3) is 5.91 Å². The normalized spacial score (nSPS) is 21.7. The van der Waals surface area contributed by atoms with Crippen LogP contribution in [0.15, 0.2) is 18.2 Å². The molecule has 116 valence electrons. The molecule has 21 heavy (non-hydrogen) atoms. The standard InChI is InChI=1S/C17H25NO3/c1-12-5-7-13(8-6-12)18(2)17(19)15-11-14(20-3)9-10-16(15)21-4/h9-13H,5-8H2,1-4H3. The largest absolute Gasteiger partial charge is 0.497 e. The second-order valence-electron chi connectivity index (χ2n) is 5.90. The van der Waals surface area contributed by atoms with Crippen LogP contribution in [0.2, 0.25) is 0 Å². The van der Waals surface area contributed by atoms with Crippen molar-refractivity contribution in [2.75, 3.05) is 21.3 Å². The van der Waals surface area contributed by atoms with Crippen molar-refractivity contribution in [2.45, 2.75) is 38.6 Å². The molecule has 1 aliphatic rings. The number of methoxy groups -OCH3 is 2. The lowest BCUT2D eigenvalue weighted by molar-refractivity contribution is 0.0676. The zero-order valence-corrected chi connectivity index (χ0v) is 13.4. The third kappa shape index (κ3) is 3.49. The Morgan fingerprint density at radius 2 is 1.81 bits per heavy atom. The molecule has 0 aliphatic heterocycles. The topological polar surface area (TPSA) is 38.8 Å². The first-order valence-corrected chi connectivity index (χ1v) is 7.56. The fourth-order valence-corrected chi connectivity index (χ4v) is 2.97. The number of carbonyl (C=O) groups is 1. The van der Waals surface area contributed by atoms with Crippen LogP contribution in [0.3, 0.4) is 0 Å². The van der Waals surface area contributed by atoms with Crippen LogP contribution in [-0.2, 0) is 0 Å². The van der Waals surface area contributed by atoms with Gasteiger partial charge in [-0.25, -0.2) is 0 Å². The van der Waals surface area contributed by atoms with Crippen LogP contribution in [0.25, 0.3) is 0 Å². The number of rotatable bonds is 4.